The summed E-state index contributed by atoms with van der Waals surface area (Å²) in [4.78, 5) is 3.61. The Hall–Kier alpha value is -1.24. The quantitative estimate of drug-likeness (QED) is 0.695. The van der Waals surface area contributed by atoms with E-state index in [-0.39, 0.29) is 0 Å². The second kappa shape index (κ2) is 5.17. The van der Waals surface area contributed by atoms with Crippen molar-refractivity contribution in [3.63, 3.8) is 0 Å². The van der Waals surface area contributed by atoms with Gasteiger partial charge in [-0.2, -0.15) is 0 Å². The van der Waals surface area contributed by atoms with E-state index in [4.69, 9.17) is 0 Å². The average molecular weight is 241 g/mol. The number of rotatable bonds is 5. The van der Waals surface area contributed by atoms with Crippen molar-refractivity contribution in [3.05, 3.63) is 35.5 Å². The minimum atomic E-state index is 0.813. The van der Waals surface area contributed by atoms with Crippen LogP contribution in [-0.4, -0.2) is 4.98 Å². The molecule has 0 spiro atoms. The summed E-state index contributed by atoms with van der Waals surface area (Å²) in [6, 6.07) is 8.80. The van der Waals surface area contributed by atoms with Gasteiger partial charge in [0.15, 0.2) is 0 Å². The van der Waals surface area contributed by atoms with Crippen LogP contribution >= 0.6 is 0 Å². The van der Waals surface area contributed by atoms with Gasteiger partial charge in [0.1, 0.15) is 0 Å². The van der Waals surface area contributed by atoms with E-state index in [1.165, 1.54) is 61.5 Å². The van der Waals surface area contributed by atoms with Crippen molar-refractivity contribution in [2.24, 2.45) is 0 Å². The van der Waals surface area contributed by atoms with Gasteiger partial charge in [0.05, 0.1) is 0 Å². The monoisotopic (exact) mass is 241 g/mol. The number of H-pyrrole nitrogens is 1. The zero-order valence-corrected chi connectivity index (χ0v) is 11.3. The van der Waals surface area contributed by atoms with Gasteiger partial charge in [0.2, 0.25) is 0 Å². The van der Waals surface area contributed by atoms with Crippen molar-refractivity contribution in [2.75, 3.05) is 0 Å². The maximum Gasteiger partial charge on any atom is 0.0459 e. The summed E-state index contributed by atoms with van der Waals surface area (Å²) in [5.41, 5.74) is 4.49. The van der Waals surface area contributed by atoms with E-state index in [0.29, 0.717) is 0 Å². The lowest BCUT2D eigenvalue weighted by molar-refractivity contribution is 0.552. The van der Waals surface area contributed by atoms with E-state index >= 15 is 0 Å². The van der Waals surface area contributed by atoms with Crippen LogP contribution in [0.2, 0.25) is 0 Å². The molecule has 2 aromatic rings. The summed E-state index contributed by atoms with van der Waals surface area (Å²) in [6.45, 7) is 2.29. The summed E-state index contributed by atoms with van der Waals surface area (Å²) >= 11 is 0. The fraction of sp³-hybridized carbons (Fsp3) is 0.529. The predicted octanol–water partition coefficient (Wildman–Crippen LogP) is 5.17. The van der Waals surface area contributed by atoms with Gasteiger partial charge in [-0.3, -0.25) is 0 Å². The topological polar surface area (TPSA) is 15.8 Å². The number of aromatic amines is 1. The van der Waals surface area contributed by atoms with Gasteiger partial charge in [-0.15, -0.1) is 0 Å². The normalized spacial score (nSPS) is 18.4. The fourth-order valence-electron chi connectivity index (χ4n) is 3.45. The second-order valence-corrected chi connectivity index (χ2v) is 5.65. The number of fused-ring (bicyclic) bond motifs is 3. The molecule has 0 aliphatic heterocycles. The number of nitrogens with one attached hydrogen (secondary N) is 1. The van der Waals surface area contributed by atoms with Crippen LogP contribution in [0, 0.1) is 0 Å². The third kappa shape index (κ3) is 2.07. The van der Waals surface area contributed by atoms with Crippen molar-refractivity contribution in [2.45, 2.75) is 57.8 Å². The Morgan fingerprint density at radius 3 is 2.94 bits per heavy atom. The highest BCUT2D eigenvalue weighted by Gasteiger charge is 2.25. The SMILES string of the molecule is CCCCCCC1CCc2[nH]c3ccccc3c21. The zero-order chi connectivity index (χ0) is 12.4. The largest absolute Gasteiger partial charge is 0.358 e. The zero-order valence-electron chi connectivity index (χ0n) is 11.3. The van der Waals surface area contributed by atoms with Crippen molar-refractivity contribution < 1.29 is 0 Å². The molecule has 0 amide bonds. The van der Waals surface area contributed by atoms with Crippen molar-refractivity contribution >= 4 is 10.9 Å². The van der Waals surface area contributed by atoms with Crippen LogP contribution in [0.4, 0.5) is 0 Å². The van der Waals surface area contributed by atoms with E-state index < -0.39 is 0 Å². The highest BCUT2D eigenvalue weighted by atomic mass is 14.7. The van der Waals surface area contributed by atoms with Crippen LogP contribution in [0.25, 0.3) is 10.9 Å². The summed E-state index contributed by atoms with van der Waals surface area (Å²) in [6.07, 6.45) is 9.54. The molecule has 96 valence electrons. The molecule has 1 heterocycles. The van der Waals surface area contributed by atoms with E-state index in [0.717, 1.165) is 5.92 Å². The summed E-state index contributed by atoms with van der Waals surface area (Å²) in [5.74, 6) is 0.813. The maximum absolute atomic E-state index is 3.61. The molecule has 0 bridgehead atoms. The van der Waals surface area contributed by atoms with Gasteiger partial charge in [-0.1, -0.05) is 50.8 Å². The Bertz CT molecular complexity index is 523. The van der Waals surface area contributed by atoms with Gasteiger partial charge >= 0.3 is 0 Å². The van der Waals surface area contributed by atoms with Gasteiger partial charge in [-0.05, 0) is 36.8 Å². The number of benzene rings is 1. The molecule has 1 atom stereocenters. The molecule has 1 N–H and O–H groups in total. The Morgan fingerprint density at radius 1 is 1.17 bits per heavy atom. The summed E-state index contributed by atoms with van der Waals surface area (Å²) in [5, 5.41) is 1.48. The third-order valence-electron chi connectivity index (χ3n) is 4.39. The summed E-state index contributed by atoms with van der Waals surface area (Å²) < 4.78 is 0. The second-order valence-electron chi connectivity index (χ2n) is 5.65. The number of hydrogen-bond donors (Lipinski definition) is 1. The molecular weight excluding hydrogens is 218 g/mol. The molecule has 1 nitrogen and oxygen atoms in total. The van der Waals surface area contributed by atoms with Gasteiger partial charge in [0, 0.05) is 16.6 Å². The van der Waals surface area contributed by atoms with Crippen LogP contribution in [0.5, 0.6) is 0 Å². The minimum absolute atomic E-state index is 0.813. The standard InChI is InChI=1S/C17H23N/c1-2-3-4-5-8-13-11-12-16-17(13)14-9-6-7-10-15(14)18-16/h6-7,9-10,13,18H,2-5,8,11-12H2,1H3. The van der Waals surface area contributed by atoms with E-state index in [2.05, 4.69) is 36.2 Å². The lowest BCUT2D eigenvalue weighted by Crippen LogP contribution is -1.93. The van der Waals surface area contributed by atoms with Crippen molar-refractivity contribution in [1.82, 2.24) is 4.98 Å². The Labute approximate surface area is 110 Å². The van der Waals surface area contributed by atoms with Gasteiger partial charge < -0.3 is 4.98 Å². The Balaban J connectivity index is 1.77. The lowest BCUT2D eigenvalue weighted by Gasteiger charge is -2.10. The highest BCUT2D eigenvalue weighted by Crippen LogP contribution is 2.41. The molecule has 1 aromatic heterocycles. The molecular formula is C17H23N. The first-order valence-corrected chi connectivity index (χ1v) is 7.49. The van der Waals surface area contributed by atoms with Gasteiger partial charge in [0.25, 0.3) is 0 Å². The minimum Gasteiger partial charge on any atom is -0.358 e. The first kappa shape index (κ1) is 11.8. The molecule has 1 aromatic carbocycles. The van der Waals surface area contributed by atoms with Crippen LogP contribution in [0.3, 0.4) is 0 Å². The smallest absolute Gasteiger partial charge is 0.0459 e. The summed E-state index contributed by atoms with van der Waals surface area (Å²) in [7, 11) is 0. The Kier molecular flexibility index (Phi) is 3.40. The molecule has 1 unspecified atom stereocenters. The molecule has 18 heavy (non-hydrogen) atoms. The molecule has 0 fully saturated rings. The predicted molar refractivity (Wildman–Crippen MR) is 78.1 cm³/mol. The molecule has 1 heteroatoms. The maximum atomic E-state index is 3.61. The van der Waals surface area contributed by atoms with E-state index in [9.17, 15) is 0 Å². The lowest BCUT2D eigenvalue weighted by atomic mass is 9.94. The first-order chi connectivity index (χ1) is 8.90. The van der Waals surface area contributed by atoms with E-state index in [1.807, 2.05) is 0 Å². The number of aryl methyl sites for hydroxylation is 1. The first-order valence-electron chi connectivity index (χ1n) is 7.49. The average Bonchev–Trinajstić information content (AvgIpc) is 2.94. The Morgan fingerprint density at radius 2 is 2.06 bits per heavy atom. The van der Waals surface area contributed by atoms with Crippen LogP contribution < -0.4 is 0 Å². The number of aromatic nitrogens is 1. The molecule has 1 aliphatic carbocycles. The van der Waals surface area contributed by atoms with Crippen LogP contribution in [0.1, 0.15) is 62.6 Å². The molecule has 1 aliphatic rings. The third-order valence-corrected chi connectivity index (χ3v) is 4.39. The van der Waals surface area contributed by atoms with Crippen molar-refractivity contribution in [1.29, 1.82) is 0 Å². The molecule has 0 saturated carbocycles. The van der Waals surface area contributed by atoms with E-state index in [1.54, 1.807) is 5.56 Å². The number of para-hydroxylation sites is 1. The van der Waals surface area contributed by atoms with Crippen molar-refractivity contribution in [3.8, 4) is 0 Å². The fourth-order valence-corrected chi connectivity index (χ4v) is 3.45. The van der Waals surface area contributed by atoms with Crippen LogP contribution in [0.15, 0.2) is 24.3 Å². The van der Waals surface area contributed by atoms with Gasteiger partial charge in [-0.25, -0.2) is 0 Å². The molecule has 0 saturated heterocycles. The molecule has 3 rings (SSSR count). The number of unbranched alkanes of at least 4 members (excludes halogenated alkanes) is 3. The molecule has 0 radical (unpaired) electrons. The van der Waals surface area contributed by atoms with Crippen LogP contribution in [-0.2, 0) is 6.42 Å². The number of hydrogen-bond acceptors (Lipinski definition) is 0. The highest BCUT2D eigenvalue weighted by molar-refractivity contribution is 5.85.